The Balaban J connectivity index is 1.39. The summed E-state index contributed by atoms with van der Waals surface area (Å²) in [6, 6.07) is 3.94. The second-order valence-electron chi connectivity index (χ2n) is 8.97. The molecule has 32 heavy (non-hydrogen) atoms. The zero-order valence-corrected chi connectivity index (χ0v) is 18.6. The lowest BCUT2D eigenvalue weighted by atomic mass is 9.84. The molecule has 0 spiro atoms. The maximum Gasteiger partial charge on any atom is 0.244 e. The third-order valence-electron chi connectivity index (χ3n) is 6.68. The van der Waals surface area contributed by atoms with Gasteiger partial charge >= 0.3 is 0 Å². The van der Waals surface area contributed by atoms with Crippen LogP contribution >= 0.6 is 0 Å². The fourth-order valence-electron chi connectivity index (χ4n) is 4.83. The number of carbonyl (C=O) groups is 1. The van der Waals surface area contributed by atoms with Gasteiger partial charge in [-0.05, 0) is 24.5 Å². The second kappa shape index (κ2) is 11.4. The van der Waals surface area contributed by atoms with E-state index >= 15 is 0 Å². The lowest BCUT2D eigenvalue weighted by Gasteiger charge is -2.28. The summed E-state index contributed by atoms with van der Waals surface area (Å²) in [4.78, 5) is 23.3. The molecule has 4 rings (SSSR count). The molecule has 1 aliphatic carbocycles. The minimum Gasteiger partial charge on any atom is -0.354 e. The van der Waals surface area contributed by atoms with Crippen molar-refractivity contribution in [2.45, 2.75) is 63.7 Å². The van der Waals surface area contributed by atoms with Crippen LogP contribution in [0.2, 0.25) is 0 Å². The Morgan fingerprint density at radius 1 is 1.25 bits per heavy atom. The Morgan fingerprint density at radius 2 is 2.06 bits per heavy atom. The van der Waals surface area contributed by atoms with Gasteiger partial charge in [0.1, 0.15) is 5.82 Å². The number of anilines is 1. The van der Waals surface area contributed by atoms with E-state index in [0.29, 0.717) is 11.7 Å². The molecule has 1 atom stereocenters. The number of carbonyl (C=O) groups excluding carboxylic acids is 1. The number of hydrogen-bond donors (Lipinski definition) is 3. The second-order valence-corrected chi connectivity index (χ2v) is 8.97. The normalized spacial score (nSPS) is 18.5. The molecule has 2 aromatic heterocycles. The van der Waals surface area contributed by atoms with Crippen LogP contribution in [-0.2, 0) is 4.79 Å². The van der Waals surface area contributed by atoms with Gasteiger partial charge in [0.15, 0.2) is 0 Å². The number of aromatic nitrogens is 3. The average Bonchev–Trinajstić information content (AvgIpc) is 3.35. The molecule has 174 valence electrons. The summed E-state index contributed by atoms with van der Waals surface area (Å²) in [7, 11) is 0. The quantitative estimate of drug-likeness (QED) is 0.400. The number of amides is 1. The van der Waals surface area contributed by atoms with Crippen molar-refractivity contribution in [1.29, 1.82) is 0 Å². The van der Waals surface area contributed by atoms with Gasteiger partial charge in [0, 0.05) is 50.3 Å². The molecule has 9 nitrogen and oxygen atoms in total. The zero-order chi connectivity index (χ0) is 22.2. The fourth-order valence-corrected chi connectivity index (χ4v) is 4.83. The van der Waals surface area contributed by atoms with Crippen molar-refractivity contribution in [2.24, 2.45) is 5.92 Å². The molecule has 1 amide bonds. The van der Waals surface area contributed by atoms with Gasteiger partial charge in [-0.25, -0.2) is 10.5 Å². The number of piperazine rings is 1. The van der Waals surface area contributed by atoms with Crippen LogP contribution in [0.4, 0.5) is 5.82 Å². The van der Waals surface area contributed by atoms with Crippen molar-refractivity contribution in [2.75, 3.05) is 31.1 Å². The van der Waals surface area contributed by atoms with Crippen LogP contribution in [0.5, 0.6) is 0 Å². The van der Waals surface area contributed by atoms with Crippen molar-refractivity contribution < 1.29 is 14.5 Å². The molecule has 0 aromatic carbocycles. The van der Waals surface area contributed by atoms with E-state index in [-0.39, 0.29) is 12.3 Å². The third kappa shape index (κ3) is 6.04. The highest BCUT2D eigenvalue weighted by Crippen LogP contribution is 2.31. The van der Waals surface area contributed by atoms with Crippen LogP contribution < -0.4 is 15.7 Å². The predicted molar refractivity (Wildman–Crippen MR) is 120 cm³/mol. The fraction of sp³-hybridized carbons (Fsp3) is 0.652. The van der Waals surface area contributed by atoms with E-state index in [1.807, 2.05) is 12.1 Å². The highest BCUT2D eigenvalue weighted by atomic mass is 16.5. The molecule has 1 saturated carbocycles. The van der Waals surface area contributed by atoms with Crippen LogP contribution in [0, 0.1) is 5.92 Å². The molecule has 0 unspecified atom stereocenters. The van der Waals surface area contributed by atoms with Crippen LogP contribution in [0.15, 0.2) is 22.9 Å². The lowest BCUT2D eigenvalue weighted by Crippen LogP contribution is -2.43. The van der Waals surface area contributed by atoms with E-state index in [1.54, 1.807) is 11.7 Å². The molecule has 2 aromatic rings. The summed E-state index contributed by atoms with van der Waals surface area (Å²) in [6.07, 6.45) is 11.5. The van der Waals surface area contributed by atoms with Gasteiger partial charge in [-0.1, -0.05) is 50.1 Å². The summed E-state index contributed by atoms with van der Waals surface area (Å²) in [5.74, 6) is 2.00. The summed E-state index contributed by atoms with van der Waals surface area (Å²) in [5.41, 5.74) is 2.52. The molecule has 0 bridgehead atoms. The SMILES string of the molecule is O=C(C[C@@H](CCCC1CCCCC1)c1nc(-c2ccc(N3CCNCC3)nc2)no1)NO. The number of nitrogens with zero attached hydrogens (tertiary/aromatic N) is 4. The first-order chi connectivity index (χ1) is 15.7. The van der Waals surface area contributed by atoms with E-state index in [4.69, 9.17) is 9.73 Å². The van der Waals surface area contributed by atoms with Crippen LogP contribution in [-0.4, -0.2) is 52.4 Å². The Labute approximate surface area is 188 Å². The number of hydrogen-bond acceptors (Lipinski definition) is 8. The highest BCUT2D eigenvalue weighted by Gasteiger charge is 2.24. The maximum absolute atomic E-state index is 11.9. The molecule has 2 fully saturated rings. The van der Waals surface area contributed by atoms with E-state index in [9.17, 15) is 4.79 Å². The van der Waals surface area contributed by atoms with Crippen molar-refractivity contribution in [3.63, 3.8) is 0 Å². The zero-order valence-electron chi connectivity index (χ0n) is 18.6. The number of hydroxylamine groups is 1. The highest BCUT2D eigenvalue weighted by molar-refractivity contribution is 5.75. The molecule has 2 aliphatic rings. The predicted octanol–water partition coefficient (Wildman–Crippen LogP) is 3.27. The Kier molecular flexibility index (Phi) is 8.06. The number of rotatable bonds is 9. The first-order valence-corrected chi connectivity index (χ1v) is 11.9. The Morgan fingerprint density at radius 3 is 2.78 bits per heavy atom. The number of nitrogens with one attached hydrogen (secondary N) is 2. The Bertz CT molecular complexity index is 844. The molecule has 1 aliphatic heterocycles. The van der Waals surface area contributed by atoms with Crippen LogP contribution in [0.3, 0.4) is 0 Å². The lowest BCUT2D eigenvalue weighted by molar-refractivity contribution is -0.129. The minimum absolute atomic E-state index is 0.128. The van der Waals surface area contributed by atoms with Gasteiger partial charge in [0.25, 0.3) is 0 Å². The summed E-state index contributed by atoms with van der Waals surface area (Å²) < 4.78 is 5.55. The molecular weight excluding hydrogens is 408 g/mol. The molecule has 0 radical (unpaired) electrons. The van der Waals surface area contributed by atoms with Gasteiger partial charge in [-0.3, -0.25) is 10.0 Å². The molecule has 3 N–H and O–H groups in total. The van der Waals surface area contributed by atoms with E-state index in [0.717, 1.165) is 62.7 Å². The maximum atomic E-state index is 11.9. The van der Waals surface area contributed by atoms with Gasteiger partial charge < -0.3 is 14.7 Å². The monoisotopic (exact) mass is 442 g/mol. The van der Waals surface area contributed by atoms with Crippen molar-refractivity contribution in [3.8, 4) is 11.4 Å². The largest absolute Gasteiger partial charge is 0.354 e. The first-order valence-electron chi connectivity index (χ1n) is 11.9. The van der Waals surface area contributed by atoms with Gasteiger partial charge in [-0.15, -0.1) is 0 Å². The van der Waals surface area contributed by atoms with Gasteiger partial charge in [0.2, 0.25) is 17.6 Å². The van der Waals surface area contributed by atoms with Crippen molar-refractivity contribution in [3.05, 3.63) is 24.2 Å². The summed E-state index contributed by atoms with van der Waals surface area (Å²) in [6.45, 7) is 3.80. The first kappa shape index (κ1) is 22.7. The summed E-state index contributed by atoms with van der Waals surface area (Å²) in [5, 5.41) is 16.5. The van der Waals surface area contributed by atoms with Crippen LogP contribution in [0.25, 0.3) is 11.4 Å². The topological polar surface area (TPSA) is 116 Å². The minimum atomic E-state index is -0.436. The van der Waals surface area contributed by atoms with E-state index in [1.165, 1.54) is 32.1 Å². The molecule has 9 heteroatoms. The van der Waals surface area contributed by atoms with Gasteiger partial charge in [0.05, 0.1) is 0 Å². The number of pyridine rings is 1. The summed E-state index contributed by atoms with van der Waals surface area (Å²) >= 11 is 0. The standard InChI is InChI=1S/C23H34N6O3/c30-21(27-31)15-18(8-4-7-17-5-2-1-3-6-17)23-26-22(28-32-23)19-9-10-20(25-16-19)29-13-11-24-12-14-29/h9-10,16-18,24,31H,1-8,11-15H2,(H,27,30)/t18-/m1/s1. The smallest absolute Gasteiger partial charge is 0.244 e. The molecule has 3 heterocycles. The van der Waals surface area contributed by atoms with Crippen molar-refractivity contribution >= 4 is 11.7 Å². The van der Waals surface area contributed by atoms with E-state index in [2.05, 4.69) is 25.3 Å². The van der Waals surface area contributed by atoms with Crippen molar-refractivity contribution in [1.82, 2.24) is 25.9 Å². The third-order valence-corrected chi connectivity index (χ3v) is 6.68. The molecule has 1 saturated heterocycles. The van der Waals surface area contributed by atoms with Gasteiger partial charge in [-0.2, -0.15) is 4.98 Å². The Hall–Kier alpha value is -2.52. The van der Waals surface area contributed by atoms with Crippen LogP contribution in [0.1, 0.15) is 69.6 Å². The average molecular weight is 443 g/mol. The van der Waals surface area contributed by atoms with E-state index < -0.39 is 5.91 Å². The molecular formula is C23H34N6O3.